The Morgan fingerprint density at radius 2 is 1.40 bits per heavy atom. The summed E-state index contributed by atoms with van der Waals surface area (Å²) >= 11 is 0. The van der Waals surface area contributed by atoms with E-state index in [-0.39, 0.29) is 5.91 Å². The molecule has 0 aliphatic carbocycles. The maximum absolute atomic E-state index is 12.5. The number of carbonyl (C=O) groups excluding carboxylic acids is 1. The molecule has 0 spiro atoms. The summed E-state index contributed by atoms with van der Waals surface area (Å²) in [6, 6.07) is 16.8. The van der Waals surface area contributed by atoms with Gasteiger partial charge in [0.1, 0.15) is 0 Å². The molecule has 1 atom stereocenters. The summed E-state index contributed by atoms with van der Waals surface area (Å²) in [5.41, 5.74) is 4.51. The Kier molecular flexibility index (Phi) is 7.19. The lowest BCUT2D eigenvalue weighted by Crippen LogP contribution is -2.33. The summed E-state index contributed by atoms with van der Waals surface area (Å²) in [6.07, 6.45) is 5.28. The third kappa shape index (κ3) is 5.93. The van der Waals surface area contributed by atoms with Gasteiger partial charge in [-0.2, -0.15) is 0 Å². The van der Waals surface area contributed by atoms with E-state index in [0.29, 0.717) is 6.54 Å². The second kappa shape index (κ2) is 10.2. The van der Waals surface area contributed by atoms with Gasteiger partial charge in [-0.25, -0.2) is 0 Å². The van der Waals surface area contributed by atoms with Crippen LogP contribution in [-0.2, 0) is 19.6 Å². The van der Waals surface area contributed by atoms with Gasteiger partial charge in [-0.05, 0) is 80.1 Å². The Morgan fingerprint density at radius 3 is 2.07 bits per heavy atom. The van der Waals surface area contributed by atoms with Crippen molar-refractivity contribution in [2.45, 2.75) is 52.2 Å². The van der Waals surface area contributed by atoms with Crippen LogP contribution in [0.25, 0.3) is 0 Å². The van der Waals surface area contributed by atoms with Crippen molar-refractivity contribution in [3.8, 4) is 0 Å². The van der Waals surface area contributed by atoms with Crippen molar-refractivity contribution in [3.05, 3.63) is 70.8 Å². The molecule has 0 saturated carbocycles. The van der Waals surface area contributed by atoms with Crippen molar-refractivity contribution in [2.75, 3.05) is 26.2 Å². The molecule has 2 aromatic rings. The number of piperidine rings is 1. The van der Waals surface area contributed by atoms with Crippen LogP contribution in [0.2, 0.25) is 0 Å². The Labute approximate surface area is 181 Å². The number of nitrogens with one attached hydrogen (secondary N) is 1. The molecule has 2 aliphatic heterocycles. The van der Waals surface area contributed by atoms with Crippen molar-refractivity contribution in [2.24, 2.45) is 5.92 Å². The first kappa shape index (κ1) is 21.1. The van der Waals surface area contributed by atoms with Gasteiger partial charge in [0, 0.05) is 31.7 Å². The molecule has 4 rings (SSSR count). The minimum absolute atomic E-state index is 0.00529. The zero-order valence-electron chi connectivity index (χ0n) is 18.3. The normalized spacial score (nSPS) is 20.4. The third-order valence-corrected chi connectivity index (χ3v) is 6.44. The topological polar surface area (TPSA) is 35.6 Å². The van der Waals surface area contributed by atoms with E-state index in [1.807, 2.05) is 12.1 Å². The van der Waals surface area contributed by atoms with E-state index < -0.39 is 0 Å². The number of nitrogens with zero attached hydrogens (tertiary/aromatic N) is 2. The zero-order chi connectivity index (χ0) is 20.8. The summed E-state index contributed by atoms with van der Waals surface area (Å²) in [4.78, 5) is 17.6. The van der Waals surface area contributed by atoms with Crippen LogP contribution < -0.4 is 5.32 Å². The molecular weight excluding hydrogens is 370 g/mol. The molecule has 0 unspecified atom stereocenters. The minimum Gasteiger partial charge on any atom is -0.348 e. The number of hydrogen-bond acceptors (Lipinski definition) is 3. The summed E-state index contributed by atoms with van der Waals surface area (Å²) in [7, 11) is 0. The lowest BCUT2D eigenvalue weighted by molar-refractivity contribution is 0.0951. The molecule has 4 nitrogen and oxygen atoms in total. The van der Waals surface area contributed by atoms with Crippen molar-refractivity contribution < 1.29 is 4.79 Å². The molecular formula is C26H35N3O. The van der Waals surface area contributed by atoms with Crippen LogP contribution in [0.4, 0.5) is 0 Å². The SMILES string of the molecule is C[C@H]1CCCN(Cc2ccc(C(=O)NCc3ccc(CN4CCCC4)cc3)cc2)C1. The Balaban J connectivity index is 1.24. The molecule has 0 bridgehead atoms. The van der Waals surface area contributed by atoms with E-state index in [2.05, 4.69) is 58.4 Å². The molecule has 4 heteroatoms. The van der Waals surface area contributed by atoms with Crippen molar-refractivity contribution in [1.29, 1.82) is 0 Å². The number of likely N-dealkylation sites (tertiary alicyclic amines) is 2. The third-order valence-electron chi connectivity index (χ3n) is 6.44. The van der Waals surface area contributed by atoms with E-state index in [1.54, 1.807) is 0 Å². The van der Waals surface area contributed by atoms with Gasteiger partial charge >= 0.3 is 0 Å². The van der Waals surface area contributed by atoms with E-state index in [4.69, 9.17) is 0 Å². The van der Waals surface area contributed by atoms with E-state index >= 15 is 0 Å². The highest BCUT2D eigenvalue weighted by molar-refractivity contribution is 5.94. The van der Waals surface area contributed by atoms with E-state index in [0.717, 1.165) is 30.1 Å². The lowest BCUT2D eigenvalue weighted by atomic mass is 9.99. The first-order valence-electron chi connectivity index (χ1n) is 11.6. The lowest BCUT2D eigenvalue weighted by Gasteiger charge is -2.30. The van der Waals surface area contributed by atoms with Crippen molar-refractivity contribution >= 4 is 5.91 Å². The van der Waals surface area contributed by atoms with Gasteiger partial charge in [-0.1, -0.05) is 43.3 Å². The predicted molar refractivity (Wildman–Crippen MR) is 122 cm³/mol. The number of hydrogen-bond donors (Lipinski definition) is 1. The monoisotopic (exact) mass is 405 g/mol. The van der Waals surface area contributed by atoms with Crippen molar-refractivity contribution in [1.82, 2.24) is 15.1 Å². The average molecular weight is 406 g/mol. The van der Waals surface area contributed by atoms with Crippen LogP contribution in [0, 0.1) is 5.92 Å². The number of benzene rings is 2. The first-order chi connectivity index (χ1) is 14.7. The molecule has 0 radical (unpaired) electrons. The highest BCUT2D eigenvalue weighted by Gasteiger charge is 2.16. The van der Waals surface area contributed by atoms with Crippen LogP contribution >= 0.6 is 0 Å². The number of amides is 1. The fraction of sp³-hybridized carbons (Fsp3) is 0.500. The second-order valence-electron chi connectivity index (χ2n) is 9.16. The average Bonchev–Trinajstić information content (AvgIpc) is 3.27. The quantitative estimate of drug-likeness (QED) is 0.739. The molecule has 30 heavy (non-hydrogen) atoms. The van der Waals surface area contributed by atoms with Gasteiger partial charge in [0.25, 0.3) is 5.91 Å². The van der Waals surface area contributed by atoms with E-state index in [1.165, 1.54) is 63.0 Å². The molecule has 160 valence electrons. The summed E-state index contributed by atoms with van der Waals surface area (Å²) in [6.45, 7) is 9.71. The van der Waals surface area contributed by atoms with Gasteiger partial charge < -0.3 is 5.32 Å². The first-order valence-corrected chi connectivity index (χ1v) is 11.6. The highest BCUT2D eigenvalue weighted by Crippen LogP contribution is 2.18. The molecule has 2 aliphatic rings. The smallest absolute Gasteiger partial charge is 0.251 e. The molecule has 1 N–H and O–H groups in total. The van der Waals surface area contributed by atoms with Crippen LogP contribution in [0.3, 0.4) is 0 Å². The van der Waals surface area contributed by atoms with Gasteiger partial charge in [-0.3, -0.25) is 14.6 Å². The minimum atomic E-state index is -0.00529. The molecule has 2 fully saturated rings. The van der Waals surface area contributed by atoms with Crippen LogP contribution in [-0.4, -0.2) is 41.9 Å². The molecule has 1 amide bonds. The van der Waals surface area contributed by atoms with E-state index in [9.17, 15) is 4.79 Å². The van der Waals surface area contributed by atoms with Gasteiger partial charge in [0.15, 0.2) is 0 Å². The Hall–Kier alpha value is -2.17. The van der Waals surface area contributed by atoms with Crippen LogP contribution in [0.1, 0.15) is 59.7 Å². The standard InChI is InChI=1S/C26H35N3O/c1-21-5-4-16-29(18-21)20-24-10-12-25(13-11-24)26(30)27-17-22-6-8-23(9-7-22)19-28-14-2-3-15-28/h6-13,21H,2-5,14-20H2,1H3,(H,27,30)/t21-/m0/s1. The summed E-state index contributed by atoms with van der Waals surface area (Å²) in [5, 5.41) is 3.05. The Morgan fingerprint density at radius 1 is 0.833 bits per heavy atom. The van der Waals surface area contributed by atoms with Crippen LogP contribution in [0.15, 0.2) is 48.5 Å². The van der Waals surface area contributed by atoms with Gasteiger partial charge in [-0.15, -0.1) is 0 Å². The summed E-state index contributed by atoms with van der Waals surface area (Å²) < 4.78 is 0. The fourth-order valence-electron chi connectivity index (χ4n) is 4.70. The molecule has 0 aromatic heterocycles. The molecule has 2 saturated heterocycles. The predicted octanol–water partition coefficient (Wildman–Crippen LogP) is 4.44. The second-order valence-corrected chi connectivity index (χ2v) is 9.16. The number of carbonyl (C=O) groups is 1. The largest absolute Gasteiger partial charge is 0.348 e. The molecule has 2 aromatic carbocycles. The number of rotatable bonds is 7. The van der Waals surface area contributed by atoms with Gasteiger partial charge in [0.05, 0.1) is 0 Å². The zero-order valence-corrected chi connectivity index (χ0v) is 18.3. The highest BCUT2D eigenvalue weighted by atomic mass is 16.1. The van der Waals surface area contributed by atoms with Crippen LogP contribution in [0.5, 0.6) is 0 Å². The van der Waals surface area contributed by atoms with Crippen molar-refractivity contribution in [3.63, 3.8) is 0 Å². The van der Waals surface area contributed by atoms with Gasteiger partial charge in [0.2, 0.25) is 0 Å². The maximum Gasteiger partial charge on any atom is 0.251 e. The Bertz CT molecular complexity index is 809. The maximum atomic E-state index is 12.5. The summed E-state index contributed by atoms with van der Waals surface area (Å²) in [5.74, 6) is 0.785. The molecule has 2 heterocycles. The fourth-order valence-corrected chi connectivity index (χ4v) is 4.70.